The fourth-order valence-electron chi connectivity index (χ4n) is 1.09. The average Bonchev–Trinajstić information content (AvgIpc) is 2.37. The molecule has 0 radical (unpaired) electrons. The molecule has 1 aromatic carbocycles. The fraction of sp³-hybridized carbons (Fsp3) is 0.231. The molecular weight excluding hydrogens is 250 g/mol. The molecule has 0 aliphatic carbocycles. The minimum absolute atomic E-state index is 0.310. The van der Waals surface area contributed by atoms with Crippen LogP contribution in [0.1, 0.15) is 20.3 Å². The Balaban J connectivity index is 0.000000342. The number of aromatic hydroxyl groups is 3. The van der Waals surface area contributed by atoms with E-state index in [1.54, 1.807) is 13.0 Å². The van der Waals surface area contributed by atoms with Crippen molar-refractivity contribution in [1.29, 1.82) is 0 Å². The first-order valence-corrected chi connectivity index (χ1v) is 5.55. The molecule has 6 nitrogen and oxygen atoms in total. The standard InChI is InChI=1S/C7H11NO2.C6H6O3/c1-3-4-6(2)7(10)8-5-9;7-4-2-1-3-5(8)6(4)9/h4-5H,3H2,1-2H3,(H,8,9,10);1-3,7-9H. The van der Waals surface area contributed by atoms with Crippen LogP contribution >= 0.6 is 0 Å². The van der Waals surface area contributed by atoms with Gasteiger partial charge in [-0.3, -0.25) is 14.9 Å². The summed E-state index contributed by atoms with van der Waals surface area (Å²) in [6, 6.07) is 4.01. The van der Waals surface area contributed by atoms with Crippen molar-refractivity contribution in [2.75, 3.05) is 0 Å². The number of rotatable bonds is 3. The molecule has 0 heterocycles. The quantitative estimate of drug-likeness (QED) is 0.376. The van der Waals surface area contributed by atoms with Crippen LogP contribution < -0.4 is 5.32 Å². The first-order chi connectivity index (χ1) is 8.93. The number of carbonyl (C=O) groups is 2. The Morgan fingerprint density at radius 3 is 2.16 bits per heavy atom. The Labute approximate surface area is 111 Å². The molecule has 6 heteroatoms. The molecule has 0 saturated heterocycles. The molecule has 2 amide bonds. The number of hydrogen-bond acceptors (Lipinski definition) is 5. The van der Waals surface area contributed by atoms with E-state index in [1.165, 1.54) is 18.2 Å². The van der Waals surface area contributed by atoms with Crippen molar-refractivity contribution < 1.29 is 24.9 Å². The average molecular weight is 267 g/mol. The molecule has 19 heavy (non-hydrogen) atoms. The van der Waals surface area contributed by atoms with Gasteiger partial charge in [-0.25, -0.2) is 0 Å². The third-order valence-electron chi connectivity index (χ3n) is 2.05. The monoisotopic (exact) mass is 267 g/mol. The molecule has 0 aromatic heterocycles. The minimum Gasteiger partial charge on any atom is -0.504 e. The van der Waals surface area contributed by atoms with E-state index in [-0.39, 0.29) is 17.4 Å². The van der Waals surface area contributed by atoms with Crippen molar-refractivity contribution in [3.8, 4) is 17.2 Å². The van der Waals surface area contributed by atoms with Crippen molar-refractivity contribution in [1.82, 2.24) is 5.32 Å². The molecule has 0 aliphatic heterocycles. The van der Waals surface area contributed by atoms with E-state index < -0.39 is 5.75 Å². The number of amides is 2. The largest absolute Gasteiger partial charge is 0.504 e. The smallest absolute Gasteiger partial charge is 0.252 e. The van der Waals surface area contributed by atoms with E-state index in [2.05, 4.69) is 0 Å². The zero-order chi connectivity index (χ0) is 14.8. The molecule has 0 aliphatic rings. The first-order valence-electron chi connectivity index (χ1n) is 5.55. The summed E-state index contributed by atoms with van der Waals surface area (Å²) in [7, 11) is 0. The van der Waals surface area contributed by atoms with Gasteiger partial charge >= 0.3 is 0 Å². The molecule has 0 saturated carbocycles. The molecule has 104 valence electrons. The van der Waals surface area contributed by atoms with Gasteiger partial charge in [0.15, 0.2) is 17.2 Å². The molecule has 0 bridgehead atoms. The summed E-state index contributed by atoms with van der Waals surface area (Å²) in [4.78, 5) is 20.5. The van der Waals surface area contributed by atoms with Gasteiger partial charge in [0.2, 0.25) is 6.41 Å². The molecule has 0 fully saturated rings. The zero-order valence-corrected chi connectivity index (χ0v) is 10.8. The lowest BCUT2D eigenvalue weighted by Crippen LogP contribution is -2.21. The van der Waals surface area contributed by atoms with Gasteiger partial charge in [0.1, 0.15) is 0 Å². The highest BCUT2D eigenvalue weighted by Crippen LogP contribution is 2.32. The normalized spacial score (nSPS) is 10.1. The predicted molar refractivity (Wildman–Crippen MR) is 69.7 cm³/mol. The van der Waals surface area contributed by atoms with Crippen molar-refractivity contribution in [3.05, 3.63) is 29.8 Å². The second kappa shape index (κ2) is 8.57. The first kappa shape index (κ1) is 16.5. The number of allylic oxidation sites excluding steroid dienone is 1. The van der Waals surface area contributed by atoms with Crippen LogP contribution in [0.25, 0.3) is 0 Å². The van der Waals surface area contributed by atoms with Crippen molar-refractivity contribution in [3.63, 3.8) is 0 Å². The molecule has 4 N–H and O–H groups in total. The van der Waals surface area contributed by atoms with Crippen LogP contribution in [-0.2, 0) is 9.59 Å². The van der Waals surface area contributed by atoms with Gasteiger partial charge in [-0.2, -0.15) is 0 Å². The maximum absolute atomic E-state index is 10.7. The summed E-state index contributed by atoms with van der Waals surface area (Å²) >= 11 is 0. The highest BCUT2D eigenvalue weighted by molar-refractivity contribution is 5.98. The number of para-hydroxylation sites is 1. The Bertz CT molecular complexity index is 448. The molecule has 0 spiro atoms. The van der Waals surface area contributed by atoms with E-state index in [0.29, 0.717) is 12.0 Å². The highest BCUT2D eigenvalue weighted by Gasteiger charge is 2.01. The van der Waals surface area contributed by atoms with Gasteiger partial charge in [0.25, 0.3) is 5.91 Å². The number of carbonyl (C=O) groups excluding carboxylic acids is 2. The third kappa shape index (κ3) is 6.11. The summed E-state index contributed by atoms with van der Waals surface area (Å²) in [6.45, 7) is 3.60. The van der Waals surface area contributed by atoms with E-state index in [4.69, 9.17) is 15.3 Å². The lowest BCUT2D eigenvalue weighted by Gasteiger charge is -1.96. The zero-order valence-electron chi connectivity index (χ0n) is 10.8. The van der Waals surface area contributed by atoms with Crippen LogP contribution in [0.3, 0.4) is 0 Å². The Hall–Kier alpha value is -2.50. The molecule has 1 aromatic rings. The molecular formula is C13H17NO5. The van der Waals surface area contributed by atoms with Gasteiger partial charge in [-0.1, -0.05) is 19.1 Å². The topological polar surface area (TPSA) is 107 Å². The third-order valence-corrected chi connectivity index (χ3v) is 2.05. The lowest BCUT2D eigenvalue weighted by molar-refractivity contribution is -0.122. The summed E-state index contributed by atoms with van der Waals surface area (Å²) in [5.41, 5.74) is 0.578. The summed E-state index contributed by atoms with van der Waals surface area (Å²) in [5, 5.41) is 28.1. The van der Waals surface area contributed by atoms with Crippen LogP contribution in [0.5, 0.6) is 17.2 Å². The van der Waals surface area contributed by atoms with Crippen LogP contribution in [0, 0.1) is 0 Å². The lowest BCUT2D eigenvalue weighted by atomic mass is 10.2. The van der Waals surface area contributed by atoms with Crippen LogP contribution in [-0.4, -0.2) is 27.6 Å². The van der Waals surface area contributed by atoms with Crippen molar-refractivity contribution >= 4 is 12.3 Å². The van der Waals surface area contributed by atoms with Gasteiger partial charge in [-0.15, -0.1) is 0 Å². The highest BCUT2D eigenvalue weighted by atomic mass is 16.3. The predicted octanol–water partition coefficient (Wildman–Crippen LogP) is 1.42. The van der Waals surface area contributed by atoms with Gasteiger partial charge in [-0.05, 0) is 25.5 Å². The second-order valence-corrected chi connectivity index (χ2v) is 3.53. The number of imide groups is 1. The number of nitrogens with one attached hydrogen (secondary N) is 1. The maximum Gasteiger partial charge on any atom is 0.252 e. The van der Waals surface area contributed by atoms with E-state index in [0.717, 1.165) is 6.42 Å². The van der Waals surface area contributed by atoms with E-state index in [1.807, 2.05) is 12.2 Å². The van der Waals surface area contributed by atoms with Crippen LogP contribution in [0.15, 0.2) is 29.8 Å². The van der Waals surface area contributed by atoms with Gasteiger partial charge < -0.3 is 15.3 Å². The van der Waals surface area contributed by atoms with Crippen molar-refractivity contribution in [2.45, 2.75) is 20.3 Å². The Morgan fingerprint density at radius 1 is 1.26 bits per heavy atom. The summed E-state index contributed by atoms with van der Waals surface area (Å²) in [5.74, 6) is -1.42. The molecule has 0 unspecified atom stereocenters. The minimum atomic E-state index is -0.475. The molecule has 1 rings (SSSR count). The second-order valence-electron chi connectivity index (χ2n) is 3.53. The van der Waals surface area contributed by atoms with E-state index >= 15 is 0 Å². The summed E-state index contributed by atoms with van der Waals surface area (Å²) in [6.07, 6.45) is 2.95. The summed E-state index contributed by atoms with van der Waals surface area (Å²) < 4.78 is 0. The fourth-order valence-corrected chi connectivity index (χ4v) is 1.09. The number of phenols is 3. The number of hydrogen-bond donors (Lipinski definition) is 4. The Morgan fingerprint density at radius 2 is 1.79 bits per heavy atom. The number of benzene rings is 1. The maximum atomic E-state index is 10.7. The van der Waals surface area contributed by atoms with Crippen LogP contribution in [0.4, 0.5) is 0 Å². The number of phenolic OH excluding ortho intramolecular Hbond substituents is 3. The molecule has 0 atom stereocenters. The van der Waals surface area contributed by atoms with E-state index in [9.17, 15) is 9.59 Å². The Kier molecular flexibility index (Phi) is 7.44. The van der Waals surface area contributed by atoms with Gasteiger partial charge in [0, 0.05) is 5.57 Å². The van der Waals surface area contributed by atoms with Crippen molar-refractivity contribution in [2.24, 2.45) is 0 Å². The van der Waals surface area contributed by atoms with Crippen LogP contribution in [0.2, 0.25) is 0 Å². The van der Waals surface area contributed by atoms with Gasteiger partial charge in [0.05, 0.1) is 0 Å². The SMILES string of the molecule is CCC=C(C)C(=O)NC=O.Oc1cccc(O)c1O.